The van der Waals surface area contributed by atoms with Gasteiger partial charge in [-0.1, -0.05) is 12.1 Å². The van der Waals surface area contributed by atoms with Gasteiger partial charge in [-0.15, -0.1) is 0 Å². The van der Waals surface area contributed by atoms with Gasteiger partial charge in [-0.2, -0.15) is 8.78 Å². The van der Waals surface area contributed by atoms with Crippen LogP contribution >= 0.6 is 0 Å². The van der Waals surface area contributed by atoms with Gasteiger partial charge in [-0.05, 0) is 43.4 Å². The van der Waals surface area contributed by atoms with E-state index in [9.17, 15) is 18.4 Å². The number of alkyl halides is 2. The normalized spacial score (nSPS) is 20.3. The van der Waals surface area contributed by atoms with Gasteiger partial charge < -0.3 is 15.0 Å². The zero-order valence-electron chi connectivity index (χ0n) is 13.2. The lowest BCUT2D eigenvalue weighted by molar-refractivity contribution is -0.138. The van der Waals surface area contributed by atoms with Crippen molar-refractivity contribution >= 4 is 11.8 Å². The van der Waals surface area contributed by atoms with Crippen LogP contribution in [0.1, 0.15) is 31.2 Å². The van der Waals surface area contributed by atoms with Gasteiger partial charge in [-0.3, -0.25) is 9.59 Å². The van der Waals surface area contributed by atoms with E-state index in [0.717, 1.165) is 19.3 Å². The Hall–Kier alpha value is -2.18. The standard InChI is InChI=1S/C17H20F2N2O3/c18-17(19)24-13-7-3-11(4-8-13)10-15(22)21-9-1-2-14(21)16(23)20-12-5-6-12/h3-4,7-8,12,14,17H,1-2,5-6,9-10H2,(H,20,23). The molecule has 1 saturated heterocycles. The minimum atomic E-state index is -2.87. The maximum Gasteiger partial charge on any atom is 0.387 e. The van der Waals surface area contributed by atoms with Crippen LogP contribution in [0.15, 0.2) is 24.3 Å². The Morgan fingerprint density at radius 1 is 1.21 bits per heavy atom. The summed E-state index contributed by atoms with van der Waals surface area (Å²) in [6, 6.07) is 5.89. The number of carbonyl (C=O) groups excluding carboxylic acids is 2. The largest absolute Gasteiger partial charge is 0.435 e. The first-order valence-corrected chi connectivity index (χ1v) is 8.16. The maximum absolute atomic E-state index is 12.5. The highest BCUT2D eigenvalue weighted by molar-refractivity contribution is 5.89. The van der Waals surface area contributed by atoms with Crippen molar-refractivity contribution in [2.24, 2.45) is 0 Å². The molecule has 1 saturated carbocycles. The van der Waals surface area contributed by atoms with Crippen LogP contribution in [0, 0.1) is 0 Å². The van der Waals surface area contributed by atoms with Gasteiger partial charge in [-0.25, -0.2) is 0 Å². The second-order valence-electron chi connectivity index (χ2n) is 6.23. The van der Waals surface area contributed by atoms with E-state index in [4.69, 9.17) is 0 Å². The first kappa shape index (κ1) is 16.7. The number of rotatable bonds is 6. The molecule has 1 N–H and O–H groups in total. The van der Waals surface area contributed by atoms with E-state index in [0.29, 0.717) is 18.5 Å². The van der Waals surface area contributed by atoms with Crippen molar-refractivity contribution in [1.82, 2.24) is 10.2 Å². The predicted octanol–water partition coefficient (Wildman–Crippen LogP) is 2.10. The van der Waals surface area contributed by atoms with Crippen molar-refractivity contribution in [2.45, 2.75) is 50.8 Å². The molecule has 0 bridgehead atoms. The second-order valence-corrected chi connectivity index (χ2v) is 6.23. The van der Waals surface area contributed by atoms with Gasteiger partial charge >= 0.3 is 6.61 Å². The van der Waals surface area contributed by atoms with Crippen molar-refractivity contribution < 1.29 is 23.1 Å². The lowest BCUT2D eigenvalue weighted by Gasteiger charge is -2.24. The van der Waals surface area contributed by atoms with Crippen LogP contribution in [-0.4, -0.2) is 42.0 Å². The SMILES string of the molecule is O=C(NC1CC1)C1CCCN1C(=O)Cc1ccc(OC(F)F)cc1. The third-order valence-corrected chi connectivity index (χ3v) is 4.30. The van der Waals surface area contributed by atoms with Crippen molar-refractivity contribution in [1.29, 1.82) is 0 Å². The summed E-state index contributed by atoms with van der Waals surface area (Å²) in [5.74, 6) is -0.126. The maximum atomic E-state index is 12.5. The summed E-state index contributed by atoms with van der Waals surface area (Å²) < 4.78 is 28.5. The Labute approximate surface area is 139 Å². The molecule has 0 radical (unpaired) electrons. The van der Waals surface area contributed by atoms with Crippen molar-refractivity contribution in [3.05, 3.63) is 29.8 Å². The first-order chi connectivity index (χ1) is 11.5. The monoisotopic (exact) mass is 338 g/mol. The van der Waals surface area contributed by atoms with Crippen LogP contribution in [0.5, 0.6) is 5.75 Å². The molecule has 3 rings (SSSR count). The van der Waals surface area contributed by atoms with E-state index in [-0.39, 0.29) is 36.1 Å². The third kappa shape index (κ3) is 4.21. The highest BCUT2D eigenvalue weighted by Gasteiger charge is 2.36. The number of ether oxygens (including phenoxy) is 1. The molecule has 0 spiro atoms. The van der Waals surface area contributed by atoms with Crippen LogP contribution in [0.4, 0.5) is 8.78 Å². The molecule has 1 unspecified atom stereocenters. The van der Waals surface area contributed by atoms with Gasteiger partial charge in [0, 0.05) is 12.6 Å². The average Bonchev–Trinajstić information content (AvgIpc) is 3.20. The molecule has 130 valence electrons. The number of hydrogen-bond donors (Lipinski definition) is 1. The quantitative estimate of drug-likeness (QED) is 0.864. The summed E-state index contributed by atoms with van der Waals surface area (Å²) >= 11 is 0. The van der Waals surface area contributed by atoms with E-state index in [1.54, 1.807) is 17.0 Å². The van der Waals surface area contributed by atoms with Gasteiger partial charge in [0.05, 0.1) is 6.42 Å². The molecule has 1 heterocycles. The molecule has 1 aliphatic heterocycles. The Kier molecular flexibility index (Phi) is 4.97. The van der Waals surface area contributed by atoms with Gasteiger partial charge in [0.1, 0.15) is 11.8 Å². The molecule has 5 nitrogen and oxygen atoms in total. The molecule has 0 aromatic heterocycles. The van der Waals surface area contributed by atoms with E-state index in [2.05, 4.69) is 10.1 Å². The zero-order valence-corrected chi connectivity index (χ0v) is 13.2. The number of likely N-dealkylation sites (tertiary alicyclic amines) is 1. The van der Waals surface area contributed by atoms with Gasteiger partial charge in [0.2, 0.25) is 11.8 Å². The molecule has 2 fully saturated rings. The van der Waals surface area contributed by atoms with E-state index < -0.39 is 6.61 Å². The first-order valence-electron chi connectivity index (χ1n) is 8.16. The molecule has 2 aliphatic rings. The molecule has 1 aliphatic carbocycles. The van der Waals surface area contributed by atoms with Gasteiger partial charge in [0.25, 0.3) is 0 Å². The van der Waals surface area contributed by atoms with Crippen LogP contribution < -0.4 is 10.1 Å². The minimum Gasteiger partial charge on any atom is -0.435 e. The molecule has 2 amide bonds. The fourth-order valence-electron chi connectivity index (χ4n) is 2.93. The number of halogens is 2. The summed E-state index contributed by atoms with van der Waals surface area (Å²) in [5, 5.41) is 2.95. The minimum absolute atomic E-state index is 0.0593. The smallest absolute Gasteiger partial charge is 0.387 e. The molecular formula is C17H20F2N2O3. The summed E-state index contributed by atoms with van der Waals surface area (Å²) in [7, 11) is 0. The van der Waals surface area contributed by atoms with E-state index in [1.807, 2.05) is 0 Å². The van der Waals surface area contributed by atoms with Gasteiger partial charge in [0.15, 0.2) is 0 Å². The molecule has 1 aromatic rings. The fraction of sp³-hybridized carbons (Fsp3) is 0.529. The number of amides is 2. The Morgan fingerprint density at radius 2 is 1.92 bits per heavy atom. The van der Waals surface area contributed by atoms with Crippen LogP contribution in [-0.2, 0) is 16.0 Å². The van der Waals surface area contributed by atoms with Crippen LogP contribution in [0.2, 0.25) is 0 Å². The van der Waals surface area contributed by atoms with Crippen molar-refractivity contribution in [3.8, 4) is 5.75 Å². The molecule has 1 aromatic carbocycles. The predicted molar refractivity (Wildman–Crippen MR) is 82.7 cm³/mol. The van der Waals surface area contributed by atoms with E-state index in [1.165, 1.54) is 12.1 Å². The highest BCUT2D eigenvalue weighted by Crippen LogP contribution is 2.23. The lowest BCUT2D eigenvalue weighted by Crippen LogP contribution is -2.47. The average molecular weight is 338 g/mol. The Morgan fingerprint density at radius 3 is 2.54 bits per heavy atom. The fourth-order valence-corrected chi connectivity index (χ4v) is 2.93. The summed E-state index contributed by atoms with van der Waals surface area (Å²) in [6.45, 7) is -2.29. The van der Waals surface area contributed by atoms with Crippen LogP contribution in [0.25, 0.3) is 0 Å². The third-order valence-electron chi connectivity index (χ3n) is 4.30. The zero-order chi connectivity index (χ0) is 17.1. The second kappa shape index (κ2) is 7.15. The van der Waals surface area contributed by atoms with Crippen molar-refractivity contribution in [3.63, 3.8) is 0 Å². The molecule has 1 atom stereocenters. The number of benzene rings is 1. The Bertz CT molecular complexity index is 602. The summed E-state index contributed by atoms with van der Waals surface area (Å²) in [5.41, 5.74) is 0.704. The Balaban J connectivity index is 1.57. The summed E-state index contributed by atoms with van der Waals surface area (Å²) in [4.78, 5) is 26.3. The van der Waals surface area contributed by atoms with Crippen molar-refractivity contribution in [2.75, 3.05) is 6.54 Å². The van der Waals surface area contributed by atoms with E-state index >= 15 is 0 Å². The topological polar surface area (TPSA) is 58.6 Å². The summed E-state index contributed by atoms with van der Waals surface area (Å²) in [6.07, 6.45) is 3.67. The number of carbonyl (C=O) groups is 2. The number of nitrogens with one attached hydrogen (secondary N) is 1. The molecular weight excluding hydrogens is 318 g/mol. The molecule has 24 heavy (non-hydrogen) atoms. The highest BCUT2D eigenvalue weighted by atomic mass is 19.3. The number of nitrogens with zero attached hydrogens (tertiary/aromatic N) is 1. The lowest BCUT2D eigenvalue weighted by atomic mass is 10.1. The number of hydrogen-bond acceptors (Lipinski definition) is 3. The molecule has 7 heteroatoms. The van der Waals surface area contributed by atoms with Crippen LogP contribution in [0.3, 0.4) is 0 Å².